The molecular weight excluding hydrogens is 260 g/mol. The van der Waals surface area contributed by atoms with Crippen LogP contribution in [0.4, 0.5) is 0 Å². The van der Waals surface area contributed by atoms with E-state index in [4.69, 9.17) is 0 Å². The lowest BCUT2D eigenvalue weighted by atomic mass is 9.87. The molecule has 0 N–H and O–H groups in total. The van der Waals surface area contributed by atoms with Crippen LogP contribution < -0.4 is 0 Å². The molecule has 2 atom stereocenters. The van der Waals surface area contributed by atoms with Crippen molar-refractivity contribution in [2.75, 3.05) is 0 Å². The lowest BCUT2D eigenvalue weighted by Crippen LogP contribution is -2.12. The highest BCUT2D eigenvalue weighted by Crippen LogP contribution is 2.64. The van der Waals surface area contributed by atoms with Crippen molar-refractivity contribution in [2.24, 2.45) is 0 Å². The van der Waals surface area contributed by atoms with E-state index in [9.17, 15) is 0 Å². The normalized spacial score (nSPS) is 26.3. The summed E-state index contributed by atoms with van der Waals surface area (Å²) in [6, 6.07) is 19.6. The van der Waals surface area contributed by atoms with Crippen LogP contribution in [0.15, 0.2) is 78.9 Å². The number of benzene rings is 2. The first kappa shape index (κ1) is 12.0. The zero-order valence-electron chi connectivity index (χ0n) is 11.2. The summed E-state index contributed by atoms with van der Waals surface area (Å²) in [5.74, 6) is 0. The van der Waals surface area contributed by atoms with Crippen molar-refractivity contribution in [3.8, 4) is 0 Å². The molecule has 0 amide bonds. The van der Waals surface area contributed by atoms with Crippen LogP contribution in [0.5, 0.6) is 0 Å². The Morgan fingerprint density at radius 3 is 2.55 bits per heavy atom. The molecule has 1 heterocycles. The Hall–Kier alpha value is -1.73. The molecule has 0 saturated carbocycles. The minimum absolute atomic E-state index is 0.208. The third-order valence-electron chi connectivity index (χ3n) is 4.10. The maximum atomic E-state index is 2.37. The Morgan fingerprint density at radius 2 is 1.70 bits per heavy atom. The zero-order chi connectivity index (χ0) is 13.4. The molecule has 98 valence electrons. The average molecular weight is 276 g/mol. The van der Waals surface area contributed by atoms with Crippen LogP contribution in [0.25, 0.3) is 0 Å². The number of hydrogen-bond donors (Lipinski definition) is 0. The summed E-state index contributed by atoms with van der Waals surface area (Å²) in [5.41, 5.74) is 4.32. The van der Waals surface area contributed by atoms with Crippen LogP contribution in [-0.2, 0) is 11.2 Å². The fourth-order valence-electron chi connectivity index (χ4n) is 3.03. The Morgan fingerprint density at radius 1 is 0.900 bits per heavy atom. The smallest absolute Gasteiger partial charge is 0.0754 e. The zero-order valence-corrected chi connectivity index (χ0v) is 12.0. The van der Waals surface area contributed by atoms with Gasteiger partial charge in [-0.25, -0.2) is 0 Å². The Balaban J connectivity index is 1.72. The van der Waals surface area contributed by atoms with Crippen molar-refractivity contribution in [3.63, 3.8) is 0 Å². The summed E-state index contributed by atoms with van der Waals surface area (Å²) in [6.45, 7) is 0. The quantitative estimate of drug-likeness (QED) is 0.731. The van der Waals surface area contributed by atoms with Gasteiger partial charge < -0.3 is 0 Å². The highest BCUT2D eigenvalue weighted by molar-refractivity contribution is 8.08. The average Bonchev–Trinajstić information content (AvgIpc) is 3.24. The molecule has 4 rings (SSSR count). The molecule has 1 aliphatic heterocycles. The summed E-state index contributed by atoms with van der Waals surface area (Å²) < 4.78 is 0.208. The van der Waals surface area contributed by atoms with Crippen LogP contribution in [0, 0.1) is 0 Å². The first-order valence-corrected chi connectivity index (χ1v) is 7.93. The molecule has 0 aromatic heterocycles. The summed E-state index contributed by atoms with van der Waals surface area (Å²) in [6.07, 6.45) is 10.1. The largest absolute Gasteiger partial charge is 0.135 e. The van der Waals surface area contributed by atoms with Crippen molar-refractivity contribution in [2.45, 2.75) is 16.4 Å². The predicted molar refractivity (Wildman–Crippen MR) is 87.0 cm³/mol. The lowest BCUT2D eigenvalue weighted by Gasteiger charge is -2.17. The molecular formula is C19H16S. The molecule has 2 unspecified atom stereocenters. The number of allylic oxidation sites excluding steroid dienone is 2. The van der Waals surface area contributed by atoms with E-state index in [-0.39, 0.29) is 4.75 Å². The summed E-state index contributed by atoms with van der Waals surface area (Å²) >= 11 is 2.05. The van der Waals surface area contributed by atoms with E-state index < -0.39 is 0 Å². The van der Waals surface area contributed by atoms with Gasteiger partial charge in [0.15, 0.2) is 0 Å². The van der Waals surface area contributed by atoms with E-state index in [1.165, 1.54) is 16.7 Å². The molecule has 2 aliphatic rings. The van der Waals surface area contributed by atoms with Gasteiger partial charge in [0.2, 0.25) is 0 Å². The number of hydrogen-bond acceptors (Lipinski definition) is 1. The van der Waals surface area contributed by atoms with Gasteiger partial charge in [-0.05, 0) is 23.1 Å². The topological polar surface area (TPSA) is 0 Å². The predicted octanol–water partition coefficient (Wildman–Crippen LogP) is 4.71. The SMILES string of the molecule is C1=CC2SC2(c2ccccc2Cc2ccccc2)C=C1. The van der Waals surface area contributed by atoms with Gasteiger partial charge in [-0.3, -0.25) is 0 Å². The second-order valence-electron chi connectivity index (χ2n) is 5.40. The Bertz CT molecular complexity index is 684. The van der Waals surface area contributed by atoms with Crippen LogP contribution in [0.1, 0.15) is 16.7 Å². The molecule has 1 heteroatoms. The second kappa shape index (κ2) is 4.68. The second-order valence-corrected chi connectivity index (χ2v) is 6.81. The van der Waals surface area contributed by atoms with Crippen molar-refractivity contribution in [1.29, 1.82) is 0 Å². The van der Waals surface area contributed by atoms with Crippen molar-refractivity contribution < 1.29 is 0 Å². The van der Waals surface area contributed by atoms with E-state index in [1.54, 1.807) is 0 Å². The van der Waals surface area contributed by atoms with Crippen molar-refractivity contribution in [3.05, 3.63) is 95.6 Å². The van der Waals surface area contributed by atoms with Crippen LogP contribution in [0.2, 0.25) is 0 Å². The number of rotatable bonds is 3. The van der Waals surface area contributed by atoms with Gasteiger partial charge in [-0.2, -0.15) is 0 Å². The van der Waals surface area contributed by atoms with Crippen LogP contribution >= 0.6 is 11.8 Å². The third-order valence-corrected chi connectivity index (χ3v) is 5.63. The Kier molecular flexibility index (Phi) is 2.82. The summed E-state index contributed by atoms with van der Waals surface area (Å²) in [7, 11) is 0. The first-order valence-electron chi connectivity index (χ1n) is 7.05. The molecule has 0 nitrogen and oxygen atoms in total. The molecule has 0 spiro atoms. The van der Waals surface area contributed by atoms with Crippen LogP contribution in [0.3, 0.4) is 0 Å². The van der Waals surface area contributed by atoms with E-state index in [0.717, 1.165) is 6.42 Å². The molecule has 20 heavy (non-hydrogen) atoms. The Labute approximate surface area is 124 Å². The van der Waals surface area contributed by atoms with E-state index in [2.05, 4.69) is 90.7 Å². The fraction of sp³-hybridized carbons (Fsp3) is 0.158. The minimum atomic E-state index is 0.208. The van der Waals surface area contributed by atoms with Gasteiger partial charge in [-0.15, -0.1) is 11.8 Å². The summed E-state index contributed by atoms with van der Waals surface area (Å²) in [5, 5.41) is 0.629. The first-order chi connectivity index (χ1) is 9.88. The van der Waals surface area contributed by atoms with Crippen molar-refractivity contribution >= 4 is 11.8 Å². The minimum Gasteiger partial charge on any atom is -0.135 e. The van der Waals surface area contributed by atoms with E-state index in [1.807, 2.05) is 0 Å². The van der Waals surface area contributed by atoms with Gasteiger partial charge >= 0.3 is 0 Å². The number of fused-ring (bicyclic) bond motifs is 1. The summed E-state index contributed by atoms with van der Waals surface area (Å²) in [4.78, 5) is 0. The van der Waals surface area contributed by atoms with Gasteiger partial charge in [0.25, 0.3) is 0 Å². The monoisotopic (exact) mass is 276 g/mol. The molecule has 0 bridgehead atoms. The lowest BCUT2D eigenvalue weighted by molar-refractivity contribution is 0.883. The fourth-order valence-corrected chi connectivity index (χ4v) is 4.32. The number of thioether (sulfide) groups is 1. The van der Waals surface area contributed by atoms with Gasteiger partial charge in [0, 0.05) is 5.25 Å². The van der Waals surface area contributed by atoms with E-state index >= 15 is 0 Å². The molecule has 1 saturated heterocycles. The molecule has 1 aliphatic carbocycles. The van der Waals surface area contributed by atoms with Gasteiger partial charge in [0.05, 0.1) is 4.75 Å². The maximum Gasteiger partial charge on any atom is 0.0754 e. The van der Waals surface area contributed by atoms with Gasteiger partial charge in [0.1, 0.15) is 0 Å². The van der Waals surface area contributed by atoms with E-state index in [0.29, 0.717) is 5.25 Å². The molecule has 2 aromatic rings. The third kappa shape index (κ3) is 1.94. The molecule has 0 radical (unpaired) electrons. The van der Waals surface area contributed by atoms with Crippen LogP contribution in [-0.4, -0.2) is 5.25 Å². The van der Waals surface area contributed by atoms with Crippen molar-refractivity contribution in [1.82, 2.24) is 0 Å². The highest BCUT2D eigenvalue weighted by atomic mass is 32.2. The van der Waals surface area contributed by atoms with Gasteiger partial charge in [-0.1, -0.05) is 78.9 Å². The molecule has 2 aromatic carbocycles. The highest BCUT2D eigenvalue weighted by Gasteiger charge is 2.54. The maximum absolute atomic E-state index is 2.37. The molecule has 1 fully saturated rings. The standard InChI is InChI=1S/C19H16S/c1-2-8-15(9-3-1)14-16-10-4-5-11-17(16)19-13-7-6-12-18(19)20-19/h1-13,18H,14H2.